The lowest BCUT2D eigenvalue weighted by molar-refractivity contribution is -0.118. The molecule has 3 nitrogen and oxygen atoms in total. The van der Waals surface area contributed by atoms with Crippen LogP contribution >= 0.6 is 0 Å². The summed E-state index contributed by atoms with van der Waals surface area (Å²) < 4.78 is 0. The van der Waals surface area contributed by atoms with Crippen LogP contribution in [0.4, 0.5) is 5.69 Å². The van der Waals surface area contributed by atoms with Crippen LogP contribution in [0.1, 0.15) is 12.5 Å². The number of aryl methyl sites for hydroxylation is 1. The highest BCUT2D eigenvalue weighted by atomic mass is 16.1. The van der Waals surface area contributed by atoms with Gasteiger partial charge in [-0.1, -0.05) is 18.2 Å². The lowest BCUT2D eigenvalue weighted by Crippen LogP contribution is -2.53. The van der Waals surface area contributed by atoms with E-state index >= 15 is 0 Å². The zero-order chi connectivity index (χ0) is 11.5. The van der Waals surface area contributed by atoms with Crippen molar-refractivity contribution in [3.8, 4) is 0 Å². The third kappa shape index (κ3) is 2.25. The van der Waals surface area contributed by atoms with Crippen LogP contribution < -0.4 is 10.2 Å². The zero-order valence-electron chi connectivity index (χ0n) is 9.86. The van der Waals surface area contributed by atoms with Gasteiger partial charge in [-0.3, -0.25) is 4.79 Å². The minimum atomic E-state index is -0.0200. The highest BCUT2D eigenvalue weighted by Gasteiger charge is 2.23. The highest BCUT2D eigenvalue weighted by Crippen LogP contribution is 2.20. The van der Waals surface area contributed by atoms with Crippen molar-refractivity contribution in [2.75, 3.05) is 24.5 Å². The Hall–Kier alpha value is -1.35. The molecule has 86 valence electrons. The molecule has 1 heterocycles. The monoisotopic (exact) mass is 218 g/mol. The Balaban J connectivity index is 2.16. The third-order valence-electron chi connectivity index (χ3n) is 3.12. The number of rotatable bonds is 2. The lowest BCUT2D eigenvalue weighted by Gasteiger charge is -2.35. The number of nitrogens with one attached hydrogen (secondary N) is 1. The molecule has 3 heteroatoms. The minimum absolute atomic E-state index is 0.0200. The highest BCUT2D eigenvalue weighted by molar-refractivity contribution is 5.82. The molecule has 0 saturated carbocycles. The molecular weight excluding hydrogens is 200 g/mol. The van der Waals surface area contributed by atoms with Gasteiger partial charge >= 0.3 is 0 Å². The van der Waals surface area contributed by atoms with Gasteiger partial charge in [0, 0.05) is 25.3 Å². The molecule has 1 N–H and O–H groups in total. The summed E-state index contributed by atoms with van der Waals surface area (Å²) in [4.78, 5) is 13.7. The molecule has 1 aromatic rings. The maximum atomic E-state index is 11.4. The number of ketones is 1. The molecule has 1 aromatic carbocycles. The van der Waals surface area contributed by atoms with Crippen LogP contribution in [0.2, 0.25) is 0 Å². The number of para-hydroxylation sites is 1. The second kappa shape index (κ2) is 4.66. The van der Waals surface area contributed by atoms with E-state index < -0.39 is 0 Å². The van der Waals surface area contributed by atoms with Crippen LogP contribution in [-0.2, 0) is 4.79 Å². The molecule has 16 heavy (non-hydrogen) atoms. The number of benzene rings is 1. The molecule has 1 saturated heterocycles. The van der Waals surface area contributed by atoms with E-state index in [1.165, 1.54) is 11.3 Å². The molecule has 0 radical (unpaired) electrons. The Bertz CT molecular complexity index is 389. The Labute approximate surface area is 96.5 Å². The largest absolute Gasteiger partial charge is 0.368 e. The Kier molecular flexibility index (Phi) is 3.25. The second-order valence-electron chi connectivity index (χ2n) is 4.35. The first-order chi connectivity index (χ1) is 7.68. The Morgan fingerprint density at radius 2 is 2.19 bits per heavy atom. The van der Waals surface area contributed by atoms with Gasteiger partial charge in [0.15, 0.2) is 0 Å². The molecule has 0 amide bonds. The summed E-state index contributed by atoms with van der Waals surface area (Å²) >= 11 is 0. The number of carbonyl (C=O) groups is 1. The fraction of sp³-hybridized carbons (Fsp3) is 0.462. The van der Waals surface area contributed by atoms with E-state index in [0.717, 1.165) is 19.6 Å². The van der Waals surface area contributed by atoms with Crippen LogP contribution in [0.15, 0.2) is 24.3 Å². The van der Waals surface area contributed by atoms with Gasteiger partial charge in [-0.2, -0.15) is 0 Å². The Morgan fingerprint density at radius 1 is 1.44 bits per heavy atom. The van der Waals surface area contributed by atoms with E-state index in [4.69, 9.17) is 0 Å². The summed E-state index contributed by atoms with van der Waals surface area (Å²) in [5.74, 6) is 0.221. The van der Waals surface area contributed by atoms with Gasteiger partial charge in [0.05, 0.1) is 6.04 Å². The van der Waals surface area contributed by atoms with Gasteiger partial charge in [0.2, 0.25) is 0 Å². The Morgan fingerprint density at radius 3 is 2.88 bits per heavy atom. The molecule has 1 aliphatic rings. The number of anilines is 1. The van der Waals surface area contributed by atoms with Crippen molar-refractivity contribution in [2.45, 2.75) is 19.9 Å². The molecule has 1 aliphatic heterocycles. The predicted molar refractivity (Wildman–Crippen MR) is 65.9 cm³/mol. The number of piperazine rings is 1. The van der Waals surface area contributed by atoms with Gasteiger partial charge in [-0.05, 0) is 25.5 Å². The fourth-order valence-electron chi connectivity index (χ4n) is 2.16. The molecule has 1 fully saturated rings. The zero-order valence-corrected chi connectivity index (χ0v) is 9.86. The summed E-state index contributed by atoms with van der Waals surface area (Å²) in [7, 11) is 0. The van der Waals surface area contributed by atoms with Crippen molar-refractivity contribution in [2.24, 2.45) is 0 Å². The van der Waals surface area contributed by atoms with Crippen LogP contribution in [0, 0.1) is 6.92 Å². The van der Waals surface area contributed by atoms with E-state index in [1.807, 2.05) is 12.1 Å². The normalized spacial score (nSPS) is 20.9. The van der Waals surface area contributed by atoms with Crippen LogP contribution in [-0.4, -0.2) is 31.5 Å². The summed E-state index contributed by atoms with van der Waals surface area (Å²) in [6, 6.07) is 8.31. The number of carbonyl (C=O) groups excluding carboxylic acids is 1. The summed E-state index contributed by atoms with van der Waals surface area (Å²) in [6.45, 7) is 6.38. The van der Waals surface area contributed by atoms with Crippen molar-refractivity contribution in [3.63, 3.8) is 0 Å². The molecule has 1 unspecified atom stereocenters. The predicted octanol–water partition coefficient (Wildman–Crippen LogP) is 1.36. The van der Waals surface area contributed by atoms with Crippen molar-refractivity contribution >= 4 is 11.5 Å². The molecule has 0 aromatic heterocycles. The summed E-state index contributed by atoms with van der Waals surface area (Å²) in [6.07, 6.45) is 0. The number of hydrogen-bond donors (Lipinski definition) is 1. The topological polar surface area (TPSA) is 32.3 Å². The molecule has 2 rings (SSSR count). The SMILES string of the molecule is CC(=O)C1CN(c2ccccc2C)CCN1. The van der Waals surface area contributed by atoms with Crippen molar-refractivity contribution in [1.29, 1.82) is 0 Å². The van der Waals surface area contributed by atoms with E-state index in [0.29, 0.717) is 0 Å². The van der Waals surface area contributed by atoms with Crippen LogP contribution in [0.3, 0.4) is 0 Å². The first-order valence-corrected chi connectivity index (χ1v) is 5.73. The van der Waals surface area contributed by atoms with Gasteiger partial charge < -0.3 is 10.2 Å². The van der Waals surface area contributed by atoms with Gasteiger partial charge in [0.1, 0.15) is 5.78 Å². The van der Waals surface area contributed by atoms with E-state index in [9.17, 15) is 4.79 Å². The maximum absolute atomic E-state index is 11.4. The number of hydrogen-bond acceptors (Lipinski definition) is 3. The second-order valence-corrected chi connectivity index (χ2v) is 4.35. The summed E-state index contributed by atoms with van der Waals surface area (Å²) in [5.41, 5.74) is 2.52. The van der Waals surface area contributed by atoms with E-state index in [2.05, 4.69) is 29.3 Å². The molecule has 1 atom stereocenters. The molecule has 0 bridgehead atoms. The van der Waals surface area contributed by atoms with Crippen molar-refractivity contribution in [3.05, 3.63) is 29.8 Å². The van der Waals surface area contributed by atoms with Crippen molar-refractivity contribution in [1.82, 2.24) is 5.32 Å². The molecule has 0 aliphatic carbocycles. The number of nitrogens with zero attached hydrogens (tertiary/aromatic N) is 1. The maximum Gasteiger partial charge on any atom is 0.148 e. The minimum Gasteiger partial charge on any atom is -0.368 e. The van der Waals surface area contributed by atoms with Gasteiger partial charge in [-0.25, -0.2) is 0 Å². The summed E-state index contributed by atoms with van der Waals surface area (Å²) in [5, 5.41) is 3.25. The van der Waals surface area contributed by atoms with E-state index in [1.54, 1.807) is 6.92 Å². The van der Waals surface area contributed by atoms with Gasteiger partial charge in [0.25, 0.3) is 0 Å². The quantitative estimate of drug-likeness (QED) is 0.813. The fourth-order valence-corrected chi connectivity index (χ4v) is 2.16. The van der Waals surface area contributed by atoms with E-state index in [-0.39, 0.29) is 11.8 Å². The average Bonchev–Trinajstić information content (AvgIpc) is 2.30. The smallest absolute Gasteiger partial charge is 0.148 e. The standard InChI is InChI=1S/C13H18N2O/c1-10-5-3-4-6-13(10)15-8-7-14-12(9-15)11(2)16/h3-6,12,14H,7-9H2,1-2H3. The van der Waals surface area contributed by atoms with Crippen molar-refractivity contribution < 1.29 is 4.79 Å². The average molecular weight is 218 g/mol. The molecule has 0 spiro atoms. The first kappa shape index (κ1) is 11.1. The third-order valence-corrected chi connectivity index (χ3v) is 3.12. The van der Waals surface area contributed by atoms with Gasteiger partial charge in [-0.15, -0.1) is 0 Å². The first-order valence-electron chi connectivity index (χ1n) is 5.73. The van der Waals surface area contributed by atoms with Crippen LogP contribution in [0.5, 0.6) is 0 Å². The van der Waals surface area contributed by atoms with Crippen LogP contribution in [0.25, 0.3) is 0 Å². The molecular formula is C13H18N2O. The lowest BCUT2D eigenvalue weighted by atomic mass is 10.1. The number of Topliss-reactive ketones (excluding diaryl/α,β-unsaturated/α-hetero) is 1.